The molecule has 0 aliphatic rings. The SMILES string of the molecule is COc1cc(/C=C(/C#N)C(=O)Nc2ccccc2)cc(Cl)c1OCc1cccc(F)c1. The molecule has 0 atom stereocenters. The van der Waals surface area contributed by atoms with Crippen LogP contribution < -0.4 is 14.8 Å². The van der Waals surface area contributed by atoms with Crippen LogP contribution in [-0.2, 0) is 11.4 Å². The lowest BCUT2D eigenvalue weighted by molar-refractivity contribution is -0.112. The normalized spacial score (nSPS) is 10.8. The van der Waals surface area contributed by atoms with E-state index in [4.69, 9.17) is 21.1 Å². The number of anilines is 1. The molecule has 0 bridgehead atoms. The van der Waals surface area contributed by atoms with Gasteiger partial charge in [0.05, 0.1) is 12.1 Å². The van der Waals surface area contributed by atoms with Crippen LogP contribution in [0.15, 0.2) is 72.3 Å². The van der Waals surface area contributed by atoms with Crippen molar-refractivity contribution in [3.8, 4) is 17.6 Å². The van der Waals surface area contributed by atoms with E-state index in [0.717, 1.165) is 0 Å². The van der Waals surface area contributed by atoms with Gasteiger partial charge in [-0.25, -0.2) is 4.39 Å². The number of amides is 1. The lowest BCUT2D eigenvalue weighted by atomic mass is 10.1. The molecule has 0 aromatic heterocycles. The van der Waals surface area contributed by atoms with Crippen molar-refractivity contribution in [2.24, 2.45) is 0 Å². The molecule has 0 radical (unpaired) electrons. The summed E-state index contributed by atoms with van der Waals surface area (Å²) in [5, 5.41) is 12.3. The number of ether oxygens (including phenoxy) is 2. The van der Waals surface area contributed by atoms with Gasteiger partial charge in [0, 0.05) is 5.69 Å². The summed E-state index contributed by atoms with van der Waals surface area (Å²) < 4.78 is 24.4. The van der Waals surface area contributed by atoms with Crippen molar-refractivity contribution in [1.82, 2.24) is 0 Å². The summed E-state index contributed by atoms with van der Waals surface area (Å²) >= 11 is 6.36. The van der Waals surface area contributed by atoms with Gasteiger partial charge in [0.15, 0.2) is 11.5 Å². The van der Waals surface area contributed by atoms with Crippen LogP contribution in [0.1, 0.15) is 11.1 Å². The zero-order valence-corrected chi connectivity index (χ0v) is 17.3. The van der Waals surface area contributed by atoms with Gasteiger partial charge >= 0.3 is 0 Å². The van der Waals surface area contributed by atoms with Crippen LogP contribution in [0.5, 0.6) is 11.5 Å². The van der Waals surface area contributed by atoms with E-state index < -0.39 is 5.91 Å². The van der Waals surface area contributed by atoms with E-state index in [1.807, 2.05) is 12.1 Å². The third-order valence-electron chi connectivity index (χ3n) is 4.23. The van der Waals surface area contributed by atoms with Gasteiger partial charge in [-0.3, -0.25) is 4.79 Å². The number of hydrogen-bond acceptors (Lipinski definition) is 4. The minimum Gasteiger partial charge on any atom is -0.493 e. The smallest absolute Gasteiger partial charge is 0.266 e. The molecule has 0 fully saturated rings. The second-order valence-corrected chi connectivity index (χ2v) is 6.85. The van der Waals surface area contributed by atoms with Crippen molar-refractivity contribution in [3.63, 3.8) is 0 Å². The van der Waals surface area contributed by atoms with Gasteiger partial charge in [0.2, 0.25) is 0 Å². The lowest BCUT2D eigenvalue weighted by Crippen LogP contribution is -2.13. The molecule has 156 valence electrons. The van der Waals surface area contributed by atoms with Crippen LogP contribution in [0.2, 0.25) is 5.02 Å². The molecule has 3 aromatic carbocycles. The number of benzene rings is 3. The van der Waals surface area contributed by atoms with Crippen LogP contribution >= 0.6 is 11.6 Å². The van der Waals surface area contributed by atoms with Crippen molar-refractivity contribution in [3.05, 3.63) is 94.3 Å². The Morgan fingerprint density at radius 3 is 2.61 bits per heavy atom. The highest BCUT2D eigenvalue weighted by atomic mass is 35.5. The molecule has 0 saturated heterocycles. The fraction of sp³-hybridized carbons (Fsp3) is 0.0833. The van der Waals surface area contributed by atoms with Crippen LogP contribution in [0.25, 0.3) is 6.08 Å². The number of nitriles is 1. The van der Waals surface area contributed by atoms with Gasteiger partial charge in [-0.05, 0) is 53.6 Å². The molecule has 0 saturated carbocycles. The molecule has 31 heavy (non-hydrogen) atoms. The standard InChI is InChI=1S/C24H18ClFN2O3/c1-30-22-13-17(10-18(14-27)24(29)28-20-8-3-2-4-9-20)12-21(25)23(22)31-15-16-6-5-7-19(26)11-16/h2-13H,15H2,1H3,(H,28,29)/b18-10-. The maximum absolute atomic E-state index is 13.4. The molecule has 0 aliphatic carbocycles. The Bertz CT molecular complexity index is 1160. The fourth-order valence-electron chi connectivity index (χ4n) is 2.78. The summed E-state index contributed by atoms with van der Waals surface area (Å²) in [6, 6.07) is 19.9. The minimum absolute atomic E-state index is 0.0892. The maximum atomic E-state index is 13.4. The van der Waals surface area contributed by atoms with Crippen LogP contribution in [0.4, 0.5) is 10.1 Å². The van der Waals surface area contributed by atoms with Gasteiger partial charge in [-0.2, -0.15) is 5.26 Å². The zero-order valence-electron chi connectivity index (χ0n) is 16.6. The monoisotopic (exact) mass is 436 g/mol. The molecular weight excluding hydrogens is 419 g/mol. The lowest BCUT2D eigenvalue weighted by Gasteiger charge is -2.13. The molecule has 1 N–H and O–H groups in total. The second-order valence-electron chi connectivity index (χ2n) is 6.44. The summed E-state index contributed by atoms with van der Waals surface area (Å²) in [5.41, 5.74) is 1.59. The van der Waals surface area contributed by atoms with Gasteiger partial charge in [0.1, 0.15) is 24.1 Å². The summed E-state index contributed by atoms with van der Waals surface area (Å²) in [4.78, 5) is 12.4. The van der Waals surface area contributed by atoms with E-state index in [-0.39, 0.29) is 28.8 Å². The molecule has 0 spiro atoms. The number of rotatable bonds is 7. The van der Waals surface area contributed by atoms with E-state index in [2.05, 4.69) is 5.32 Å². The highest BCUT2D eigenvalue weighted by Gasteiger charge is 2.14. The highest BCUT2D eigenvalue weighted by Crippen LogP contribution is 2.37. The van der Waals surface area contributed by atoms with Gasteiger partial charge in [-0.1, -0.05) is 41.9 Å². The quantitative estimate of drug-likeness (QED) is 0.386. The average molecular weight is 437 g/mol. The summed E-state index contributed by atoms with van der Waals surface area (Å²) in [6.07, 6.45) is 1.41. The van der Waals surface area contributed by atoms with Gasteiger partial charge < -0.3 is 14.8 Å². The first kappa shape index (κ1) is 21.9. The van der Waals surface area contributed by atoms with Crippen LogP contribution in [0, 0.1) is 17.1 Å². The highest BCUT2D eigenvalue weighted by molar-refractivity contribution is 6.32. The van der Waals surface area contributed by atoms with Crippen LogP contribution in [-0.4, -0.2) is 13.0 Å². The number of hydrogen-bond donors (Lipinski definition) is 1. The number of nitrogens with zero attached hydrogens (tertiary/aromatic N) is 1. The van der Waals surface area contributed by atoms with E-state index in [1.54, 1.807) is 48.5 Å². The third kappa shape index (κ3) is 5.84. The Kier molecular flexibility index (Phi) is 7.26. The third-order valence-corrected chi connectivity index (χ3v) is 4.51. The van der Waals surface area contributed by atoms with E-state index in [9.17, 15) is 14.4 Å². The molecular formula is C24H18ClFN2O3. The summed E-state index contributed by atoms with van der Waals surface area (Å²) in [6.45, 7) is 0.0892. The number of para-hydroxylation sites is 1. The van der Waals surface area contributed by atoms with Crippen molar-refractivity contribution >= 4 is 29.3 Å². The predicted octanol–water partition coefficient (Wildman–Crippen LogP) is 5.61. The Hall–Kier alpha value is -3.82. The van der Waals surface area contributed by atoms with E-state index in [0.29, 0.717) is 22.6 Å². The average Bonchev–Trinajstić information content (AvgIpc) is 2.77. The fourth-order valence-corrected chi connectivity index (χ4v) is 3.05. The molecule has 3 aromatic rings. The van der Waals surface area contributed by atoms with Gasteiger partial charge in [0.25, 0.3) is 5.91 Å². The number of methoxy groups -OCH3 is 1. The van der Waals surface area contributed by atoms with Crippen molar-refractivity contribution in [2.75, 3.05) is 12.4 Å². The topological polar surface area (TPSA) is 71.3 Å². The van der Waals surface area contributed by atoms with Crippen molar-refractivity contribution in [1.29, 1.82) is 5.26 Å². The Morgan fingerprint density at radius 2 is 1.94 bits per heavy atom. The zero-order chi connectivity index (χ0) is 22.2. The largest absolute Gasteiger partial charge is 0.493 e. The Balaban J connectivity index is 1.82. The number of carbonyl (C=O) groups excluding carboxylic acids is 1. The Morgan fingerprint density at radius 1 is 1.16 bits per heavy atom. The van der Waals surface area contributed by atoms with Crippen molar-refractivity contribution in [2.45, 2.75) is 6.61 Å². The minimum atomic E-state index is -0.546. The number of carbonyl (C=O) groups is 1. The second kappa shape index (κ2) is 10.3. The van der Waals surface area contributed by atoms with E-state index in [1.165, 1.54) is 25.3 Å². The molecule has 1 amide bonds. The van der Waals surface area contributed by atoms with Gasteiger partial charge in [-0.15, -0.1) is 0 Å². The molecule has 0 heterocycles. The van der Waals surface area contributed by atoms with Crippen molar-refractivity contribution < 1.29 is 18.7 Å². The molecule has 5 nitrogen and oxygen atoms in total. The first-order valence-corrected chi connectivity index (χ1v) is 9.61. The molecule has 0 aliphatic heterocycles. The van der Waals surface area contributed by atoms with E-state index >= 15 is 0 Å². The molecule has 3 rings (SSSR count). The first-order chi connectivity index (χ1) is 15.0. The number of halogens is 2. The van der Waals surface area contributed by atoms with Crippen LogP contribution in [0.3, 0.4) is 0 Å². The maximum Gasteiger partial charge on any atom is 0.266 e. The Labute approximate surface area is 184 Å². The molecule has 7 heteroatoms. The predicted molar refractivity (Wildman–Crippen MR) is 117 cm³/mol. The number of nitrogens with one attached hydrogen (secondary N) is 1. The summed E-state index contributed by atoms with van der Waals surface area (Å²) in [7, 11) is 1.45. The summed E-state index contributed by atoms with van der Waals surface area (Å²) in [5.74, 6) is -0.318. The molecule has 0 unspecified atom stereocenters. The first-order valence-electron chi connectivity index (χ1n) is 9.23.